The summed E-state index contributed by atoms with van der Waals surface area (Å²) in [6.45, 7) is -3.41. The quantitative estimate of drug-likeness (QED) is 0.575. The number of alkyl halides is 1. The monoisotopic (exact) mass is 217 g/mol. The lowest BCUT2D eigenvalue weighted by molar-refractivity contribution is -0.384. The van der Waals surface area contributed by atoms with E-state index in [0.29, 0.717) is 0 Å². The summed E-state index contributed by atoms with van der Waals surface area (Å²) in [5, 5.41) is 10.5. The first-order valence-corrected chi connectivity index (χ1v) is 3.80. The molecule has 0 aliphatic rings. The molecule has 15 heavy (non-hydrogen) atoms. The fourth-order valence-electron chi connectivity index (χ4n) is 0.901. The molecule has 0 N–H and O–H groups in total. The number of nitro benzene ring substituents is 1. The largest absolute Gasteiger partial charge is 0.300 e. The van der Waals surface area contributed by atoms with Gasteiger partial charge in [-0.25, -0.2) is 4.39 Å². The molecule has 0 saturated heterocycles. The van der Waals surface area contributed by atoms with Gasteiger partial charge in [-0.2, -0.15) is 0 Å². The zero-order valence-corrected chi connectivity index (χ0v) is 7.36. The van der Waals surface area contributed by atoms with Crippen molar-refractivity contribution >= 4 is 11.5 Å². The van der Waals surface area contributed by atoms with E-state index in [1.807, 2.05) is 0 Å². The van der Waals surface area contributed by atoms with E-state index in [2.05, 4.69) is 0 Å². The van der Waals surface area contributed by atoms with Gasteiger partial charge < -0.3 is 0 Å². The summed E-state index contributed by atoms with van der Waals surface area (Å²) in [6, 6.07) is 3.17. The van der Waals surface area contributed by atoms with Crippen LogP contribution in [-0.2, 0) is 4.79 Å². The lowest BCUT2D eigenvalue weighted by Gasteiger charge is -2.05. The molecule has 1 atom stereocenters. The third kappa shape index (κ3) is 3.12. The van der Waals surface area contributed by atoms with Gasteiger partial charge in [-0.05, 0) is 24.5 Å². The van der Waals surface area contributed by atoms with Crippen LogP contribution in [0.1, 0.15) is 33.2 Å². The van der Waals surface area contributed by atoms with Gasteiger partial charge in [0.25, 0.3) is 5.69 Å². The van der Waals surface area contributed by atoms with Crippen molar-refractivity contribution in [3.63, 3.8) is 0 Å². The Hall–Kier alpha value is -1.78. The Labute approximate surface area is 94.3 Å². The summed E-state index contributed by atoms with van der Waals surface area (Å²) in [5.41, 5.74) is -1.12. The standard InChI is InChI=1S/C10H10FNO3/c1-7(13)6-10(11)8-2-4-9(5-3-8)12(14)15/h2-5,10H,6H2,1H3/i1D3,6D2,10D. The molecular weight excluding hydrogens is 201 g/mol. The van der Waals surface area contributed by atoms with Crippen molar-refractivity contribution in [1.29, 1.82) is 0 Å². The molecule has 80 valence electrons. The number of non-ortho nitro benzene ring substituents is 1. The van der Waals surface area contributed by atoms with Gasteiger partial charge in [-0.3, -0.25) is 14.9 Å². The van der Waals surface area contributed by atoms with E-state index in [0.717, 1.165) is 24.3 Å². The summed E-state index contributed by atoms with van der Waals surface area (Å²) < 4.78 is 56.9. The minimum Gasteiger partial charge on any atom is -0.300 e. The summed E-state index contributed by atoms with van der Waals surface area (Å²) >= 11 is 0. The summed E-state index contributed by atoms with van der Waals surface area (Å²) in [4.78, 5) is 21.2. The lowest BCUT2D eigenvalue weighted by atomic mass is 10.1. The normalized spacial score (nSPS) is 21.9. The van der Waals surface area contributed by atoms with Crippen LogP contribution in [-0.4, -0.2) is 10.7 Å². The second-order valence-corrected chi connectivity index (χ2v) is 2.57. The van der Waals surface area contributed by atoms with Crippen molar-refractivity contribution in [3.05, 3.63) is 39.9 Å². The van der Waals surface area contributed by atoms with Crippen LogP contribution in [0.2, 0.25) is 0 Å². The average Bonchev–Trinajstić information content (AvgIpc) is 2.36. The highest BCUT2D eigenvalue weighted by molar-refractivity contribution is 5.76. The zero-order chi connectivity index (χ0) is 16.6. The van der Waals surface area contributed by atoms with Gasteiger partial charge in [0.05, 0.1) is 6.29 Å². The van der Waals surface area contributed by atoms with Gasteiger partial charge in [0.1, 0.15) is 11.9 Å². The van der Waals surface area contributed by atoms with Crippen molar-refractivity contribution < 1.29 is 22.3 Å². The Kier molecular flexibility index (Phi) is 1.65. The predicted octanol–water partition coefficient (Wildman–Crippen LogP) is 2.58. The van der Waals surface area contributed by atoms with E-state index < -0.39 is 41.3 Å². The highest BCUT2D eigenvalue weighted by Crippen LogP contribution is 2.23. The number of halogens is 1. The number of Topliss-reactive ketones (excluding diaryl/α,β-unsaturated/α-hetero) is 1. The lowest BCUT2D eigenvalue weighted by Crippen LogP contribution is -1.99. The van der Waals surface area contributed by atoms with Crippen molar-refractivity contribution in [2.24, 2.45) is 0 Å². The average molecular weight is 217 g/mol. The van der Waals surface area contributed by atoms with Crippen LogP contribution in [0.5, 0.6) is 0 Å². The zero-order valence-electron chi connectivity index (χ0n) is 13.4. The Morgan fingerprint density at radius 3 is 2.80 bits per heavy atom. The SMILES string of the molecule is [2H]C([2H])([2H])C(=O)C([2H])([2H])C([2H])(F)c1ccc([N+](=O)[O-])cc1. The minimum absolute atomic E-state index is 0.419. The van der Waals surface area contributed by atoms with Crippen LogP contribution in [0.4, 0.5) is 10.1 Å². The predicted molar refractivity (Wildman–Crippen MR) is 52.2 cm³/mol. The van der Waals surface area contributed by atoms with Crippen LogP contribution in [0, 0.1) is 10.1 Å². The number of rotatable bonds is 4. The number of carbonyl (C=O) groups is 1. The molecule has 0 aliphatic heterocycles. The summed E-state index contributed by atoms with van der Waals surface area (Å²) in [6.07, 6.45) is -7.35. The first-order chi connectivity index (χ1) is 9.31. The van der Waals surface area contributed by atoms with Crippen LogP contribution in [0.3, 0.4) is 0 Å². The molecule has 1 unspecified atom stereocenters. The molecule has 0 fully saturated rings. The molecule has 0 radical (unpaired) electrons. The van der Waals surface area contributed by atoms with Gasteiger partial charge in [0.15, 0.2) is 0 Å². The first-order valence-electron chi connectivity index (χ1n) is 6.80. The van der Waals surface area contributed by atoms with Gasteiger partial charge >= 0.3 is 0 Å². The van der Waals surface area contributed by atoms with Crippen molar-refractivity contribution in [3.8, 4) is 0 Å². The van der Waals surface area contributed by atoms with Crippen LogP contribution in [0.25, 0.3) is 0 Å². The van der Waals surface area contributed by atoms with Crippen molar-refractivity contribution in [1.82, 2.24) is 0 Å². The first kappa shape index (κ1) is 5.34. The fraction of sp³-hybridized carbons (Fsp3) is 0.300. The summed E-state index contributed by atoms with van der Waals surface area (Å²) in [7, 11) is 0. The Bertz CT molecular complexity index is 569. The third-order valence-corrected chi connectivity index (χ3v) is 1.55. The maximum absolute atomic E-state index is 14.4. The van der Waals surface area contributed by atoms with E-state index in [1.54, 1.807) is 0 Å². The molecular formula is C10H10FNO3. The van der Waals surface area contributed by atoms with Gasteiger partial charge in [0.2, 0.25) is 0 Å². The smallest absolute Gasteiger partial charge is 0.269 e. The van der Waals surface area contributed by atoms with E-state index in [4.69, 9.17) is 8.22 Å². The topological polar surface area (TPSA) is 60.2 Å². The fourth-order valence-corrected chi connectivity index (χ4v) is 0.901. The van der Waals surface area contributed by atoms with Gasteiger partial charge in [0, 0.05) is 25.4 Å². The van der Waals surface area contributed by atoms with Crippen LogP contribution in [0.15, 0.2) is 24.3 Å². The number of benzene rings is 1. The Balaban J connectivity index is 3.26. The third-order valence-electron chi connectivity index (χ3n) is 1.55. The molecule has 0 heterocycles. The Morgan fingerprint density at radius 1 is 1.73 bits per heavy atom. The molecule has 0 bridgehead atoms. The van der Waals surface area contributed by atoms with E-state index in [1.165, 1.54) is 0 Å². The second-order valence-electron chi connectivity index (χ2n) is 2.57. The molecule has 0 aromatic heterocycles. The maximum atomic E-state index is 14.4. The van der Waals surface area contributed by atoms with Crippen molar-refractivity contribution in [2.75, 3.05) is 0 Å². The number of hydrogen-bond donors (Lipinski definition) is 0. The van der Waals surface area contributed by atoms with Crippen molar-refractivity contribution in [2.45, 2.75) is 19.4 Å². The second kappa shape index (κ2) is 4.63. The van der Waals surface area contributed by atoms with Gasteiger partial charge in [-0.1, -0.05) is 0 Å². The molecule has 0 aliphatic carbocycles. The molecule has 1 aromatic carbocycles. The van der Waals surface area contributed by atoms with Crippen LogP contribution >= 0.6 is 0 Å². The molecule has 0 amide bonds. The molecule has 4 nitrogen and oxygen atoms in total. The number of nitro groups is 1. The number of ketones is 1. The van der Waals surface area contributed by atoms with Gasteiger partial charge in [-0.15, -0.1) is 0 Å². The van der Waals surface area contributed by atoms with E-state index >= 15 is 0 Å². The number of nitrogens with zero attached hydrogens (tertiary/aromatic N) is 1. The van der Waals surface area contributed by atoms with E-state index in [9.17, 15) is 19.3 Å². The van der Waals surface area contributed by atoms with Crippen LogP contribution < -0.4 is 0 Å². The highest BCUT2D eigenvalue weighted by Gasteiger charge is 2.13. The Morgan fingerprint density at radius 2 is 2.33 bits per heavy atom. The molecule has 1 aromatic rings. The molecule has 1 rings (SSSR count). The van der Waals surface area contributed by atoms with E-state index in [-0.39, 0.29) is 0 Å². The molecule has 0 spiro atoms. The molecule has 0 saturated carbocycles. The maximum Gasteiger partial charge on any atom is 0.269 e. The number of carbonyl (C=O) groups excluding carboxylic acids is 1. The summed E-state index contributed by atoms with van der Waals surface area (Å²) in [5.74, 6) is -2.05. The molecule has 5 heteroatoms. The highest BCUT2D eigenvalue weighted by atomic mass is 19.1. The number of hydrogen-bond acceptors (Lipinski definition) is 3. The minimum atomic E-state index is -3.70.